The van der Waals surface area contributed by atoms with E-state index in [2.05, 4.69) is 35.1 Å². The van der Waals surface area contributed by atoms with Crippen LogP contribution in [0.3, 0.4) is 0 Å². The van der Waals surface area contributed by atoms with Crippen LogP contribution in [0.2, 0.25) is 0 Å². The number of hydrogen-bond acceptors (Lipinski definition) is 3. The molecule has 2 heterocycles. The van der Waals surface area contributed by atoms with Gasteiger partial charge in [0.05, 0.1) is 16.6 Å². The van der Waals surface area contributed by atoms with Crippen LogP contribution in [0, 0.1) is 18.3 Å². The van der Waals surface area contributed by atoms with Gasteiger partial charge in [-0.1, -0.05) is 12.1 Å². The second-order valence-corrected chi connectivity index (χ2v) is 6.23. The van der Waals surface area contributed by atoms with E-state index >= 15 is 0 Å². The number of fused-ring (bicyclic) bond motifs is 2. The molecule has 0 saturated heterocycles. The van der Waals surface area contributed by atoms with Gasteiger partial charge in [-0.2, -0.15) is 5.26 Å². The summed E-state index contributed by atoms with van der Waals surface area (Å²) in [4.78, 5) is 7.73. The summed E-state index contributed by atoms with van der Waals surface area (Å²) in [6.07, 6.45) is 3.00. The predicted molar refractivity (Wildman–Crippen MR) is 94.6 cm³/mol. The van der Waals surface area contributed by atoms with Gasteiger partial charge in [0.25, 0.3) is 0 Å². The molecule has 1 aromatic heterocycles. The average molecular weight is 315 g/mol. The molecule has 1 N–H and O–H groups in total. The number of nitriles is 1. The highest BCUT2D eigenvalue weighted by Gasteiger charge is 2.21. The number of aryl methyl sites for hydroxylation is 1. The van der Waals surface area contributed by atoms with Crippen LogP contribution < -0.4 is 4.74 Å². The molecule has 4 nitrogen and oxygen atoms in total. The highest BCUT2D eigenvalue weighted by atomic mass is 16.5. The molecule has 0 bridgehead atoms. The van der Waals surface area contributed by atoms with E-state index in [0.717, 1.165) is 34.3 Å². The van der Waals surface area contributed by atoms with E-state index in [1.807, 2.05) is 37.3 Å². The Bertz CT molecular complexity index is 974. The van der Waals surface area contributed by atoms with Crippen molar-refractivity contribution < 1.29 is 4.74 Å². The van der Waals surface area contributed by atoms with Crippen molar-refractivity contribution in [1.29, 1.82) is 5.26 Å². The third-order valence-corrected chi connectivity index (χ3v) is 4.28. The van der Waals surface area contributed by atoms with Crippen LogP contribution in [0.1, 0.15) is 29.4 Å². The minimum absolute atomic E-state index is 0.212. The molecule has 0 radical (unpaired) electrons. The number of benzene rings is 2. The van der Waals surface area contributed by atoms with Gasteiger partial charge in [0.1, 0.15) is 23.7 Å². The summed E-state index contributed by atoms with van der Waals surface area (Å²) in [6.45, 7) is 4.12. The number of imidazole rings is 1. The number of allylic oxidation sites excluding steroid dienone is 1. The van der Waals surface area contributed by atoms with Crippen molar-refractivity contribution in [2.24, 2.45) is 0 Å². The number of rotatable bonds is 2. The highest BCUT2D eigenvalue weighted by Crippen LogP contribution is 2.34. The summed E-state index contributed by atoms with van der Waals surface area (Å²) >= 11 is 0. The maximum absolute atomic E-state index is 9.57. The third-order valence-electron chi connectivity index (χ3n) is 4.28. The largest absolute Gasteiger partial charge is 0.490 e. The standard InChI is InChI=1S/C20H17N3O/c1-12-7-14(9-15-8-13(2)24-19(12)15)10-16(11-21)20-22-17-5-3-4-6-18(17)23-20/h3-7,9-10,13H,8H2,1-2H3,(H,22,23)/b16-10+/t13-/m1/s1. The molecule has 24 heavy (non-hydrogen) atoms. The Morgan fingerprint density at radius 3 is 3.00 bits per heavy atom. The van der Waals surface area contributed by atoms with Crippen molar-refractivity contribution in [2.45, 2.75) is 26.4 Å². The van der Waals surface area contributed by atoms with Gasteiger partial charge in [-0.3, -0.25) is 0 Å². The number of ether oxygens (including phenoxy) is 1. The summed E-state index contributed by atoms with van der Waals surface area (Å²) in [5.41, 5.74) is 5.63. The highest BCUT2D eigenvalue weighted by molar-refractivity contribution is 5.90. The Morgan fingerprint density at radius 2 is 2.21 bits per heavy atom. The second-order valence-electron chi connectivity index (χ2n) is 6.23. The number of H-pyrrole nitrogens is 1. The Kier molecular flexibility index (Phi) is 3.35. The maximum atomic E-state index is 9.57. The molecule has 0 spiro atoms. The molecule has 118 valence electrons. The van der Waals surface area contributed by atoms with Crippen LogP contribution in [0.25, 0.3) is 22.7 Å². The van der Waals surface area contributed by atoms with E-state index in [9.17, 15) is 5.26 Å². The lowest BCUT2D eigenvalue weighted by Gasteiger charge is -2.07. The van der Waals surface area contributed by atoms with E-state index in [1.54, 1.807) is 0 Å². The number of aromatic amines is 1. The van der Waals surface area contributed by atoms with Crippen molar-refractivity contribution in [3.63, 3.8) is 0 Å². The molecule has 0 amide bonds. The quantitative estimate of drug-likeness (QED) is 0.719. The summed E-state index contributed by atoms with van der Waals surface area (Å²) in [5, 5.41) is 9.57. The fraction of sp³-hybridized carbons (Fsp3) is 0.200. The molecule has 0 saturated carbocycles. The van der Waals surface area contributed by atoms with E-state index in [0.29, 0.717) is 11.4 Å². The lowest BCUT2D eigenvalue weighted by atomic mass is 10.0. The van der Waals surface area contributed by atoms with Crippen LogP contribution in [0.4, 0.5) is 0 Å². The summed E-state index contributed by atoms with van der Waals surface area (Å²) in [5.74, 6) is 1.59. The molecule has 1 aliphatic rings. The van der Waals surface area contributed by atoms with E-state index in [-0.39, 0.29) is 6.10 Å². The van der Waals surface area contributed by atoms with Crippen molar-refractivity contribution in [3.05, 3.63) is 58.9 Å². The Balaban J connectivity index is 1.77. The molecule has 2 aromatic carbocycles. The van der Waals surface area contributed by atoms with Crippen LogP contribution >= 0.6 is 0 Å². The van der Waals surface area contributed by atoms with Crippen molar-refractivity contribution in [2.75, 3.05) is 0 Å². The van der Waals surface area contributed by atoms with Crippen molar-refractivity contribution in [1.82, 2.24) is 9.97 Å². The number of aromatic nitrogens is 2. The van der Waals surface area contributed by atoms with Gasteiger partial charge in [0.15, 0.2) is 0 Å². The zero-order chi connectivity index (χ0) is 16.7. The molecule has 0 unspecified atom stereocenters. The summed E-state index contributed by atoms with van der Waals surface area (Å²) < 4.78 is 5.84. The monoisotopic (exact) mass is 315 g/mol. The molecular formula is C20H17N3O. The van der Waals surface area contributed by atoms with Crippen LogP contribution in [0.15, 0.2) is 36.4 Å². The van der Waals surface area contributed by atoms with Crippen molar-refractivity contribution >= 4 is 22.7 Å². The number of para-hydroxylation sites is 2. The van der Waals surface area contributed by atoms with Crippen LogP contribution in [0.5, 0.6) is 5.75 Å². The minimum Gasteiger partial charge on any atom is -0.490 e. The first-order valence-corrected chi connectivity index (χ1v) is 8.01. The molecule has 1 atom stereocenters. The molecule has 4 rings (SSSR count). The second kappa shape index (κ2) is 5.54. The summed E-state index contributed by atoms with van der Waals surface area (Å²) in [6, 6.07) is 14.2. The van der Waals surface area contributed by atoms with Crippen LogP contribution in [-0.2, 0) is 6.42 Å². The molecule has 0 fully saturated rings. The topological polar surface area (TPSA) is 61.7 Å². The molecule has 4 heteroatoms. The van der Waals surface area contributed by atoms with Gasteiger partial charge in [-0.25, -0.2) is 4.98 Å². The smallest absolute Gasteiger partial charge is 0.149 e. The molecular weight excluding hydrogens is 298 g/mol. The normalized spacial score (nSPS) is 16.7. The number of hydrogen-bond donors (Lipinski definition) is 1. The average Bonchev–Trinajstić information content (AvgIpc) is 3.15. The van der Waals surface area contributed by atoms with E-state index in [4.69, 9.17) is 4.74 Å². The molecule has 3 aromatic rings. The molecule has 1 aliphatic heterocycles. The van der Waals surface area contributed by atoms with Gasteiger partial charge in [-0.15, -0.1) is 0 Å². The first-order chi connectivity index (χ1) is 11.6. The van der Waals surface area contributed by atoms with E-state index in [1.165, 1.54) is 5.56 Å². The summed E-state index contributed by atoms with van der Waals surface area (Å²) in [7, 11) is 0. The minimum atomic E-state index is 0.212. The fourth-order valence-electron chi connectivity index (χ4n) is 3.23. The predicted octanol–water partition coefficient (Wildman–Crippen LogP) is 4.26. The first kappa shape index (κ1) is 14.5. The van der Waals surface area contributed by atoms with Gasteiger partial charge in [-0.05, 0) is 60.9 Å². The Labute approximate surface area is 140 Å². The van der Waals surface area contributed by atoms with Gasteiger partial charge < -0.3 is 9.72 Å². The SMILES string of the molecule is Cc1cc(/C=C(\C#N)c2nc3ccccc3[nH]2)cc2c1O[C@H](C)C2. The lowest BCUT2D eigenvalue weighted by Crippen LogP contribution is -2.05. The molecule has 0 aliphatic carbocycles. The van der Waals surface area contributed by atoms with Gasteiger partial charge in [0.2, 0.25) is 0 Å². The first-order valence-electron chi connectivity index (χ1n) is 8.01. The third kappa shape index (κ3) is 2.44. The fourth-order valence-corrected chi connectivity index (χ4v) is 3.23. The number of nitrogens with one attached hydrogen (secondary N) is 1. The van der Waals surface area contributed by atoms with Crippen LogP contribution in [-0.4, -0.2) is 16.1 Å². The lowest BCUT2D eigenvalue weighted by molar-refractivity contribution is 0.253. The zero-order valence-electron chi connectivity index (χ0n) is 13.6. The van der Waals surface area contributed by atoms with E-state index < -0.39 is 0 Å². The van der Waals surface area contributed by atoms with Gasteiger partial charge >= 0.3 is 0 Å². The zero-order valence-corrected chi connectivity index (χ0v) is 13.6. The Morgan fingerprint density at radius 1 is 1.38 bits per heavy atom. The maximum Gasteiger partial charge on any atom is 0.149 e. The van der Waals surface area contributed by atoms with Crippen molar-refractivity contribution in [3.8, 4) is 11.8 Å². The Hall–Kier alpha value is -3.06. The van der Waals surface area contributed by atoms with Gasteiger partial charge in [0, 0.05) is 6.42 Å². The number of nitrogens with zero attached hydrogens (tertiary/aromatic N) is 2.